The van der Waals surface area contributed by atoms with Gasteiger partial charge in [-0.25, -0.2) is 4.39 Å². The molecule has 4 N–H and O–H groups in total. The summed E-state index contributed by atoms with van der Waals surface area (Å²) in [5, 5.41) is 6.80. The van der Waals surface area contributed by atoms with E-state index in [1.165, 1.54) is 11.1 Å². The summed E-state index contributed by atoms with van der Waals surface area (Å²) in [5.41, 5.74) is 10.3. The molecule has 4 atom stereocenters. The summed E-state index contributed by atoms with van der Waals surface area (Å²) < 4.78 is 26.5. The highest BCUT2D eigenvalue weighted by Crippen LogP contribution is 2.47. The summed E-state index contributed by atoms with van der Waals surface area (Å²) in [7, 11) is 0. The maximum Gasteiger partial charge on any atom is 0.159 e. The first-order valence-electron chi connectivity index (χ1n) is 9.84. The third-order valence-corrected chi connectivity index (χ3v) is 5.61. The Bertz CT molecular complexity index is 763. The van der Waals surface area contributed by atoms with Crippen molar-refractivity contribution in [1.82, 2.24) is 10.6 Å². The molecule has 4 rings (SSSR count). The van der Waals surface area contributed by atoms with Gasteiger partial charge in [0.1, 0.15) is 18.5 Å². The van der Waals surface area contributed by atoms with Crippen molar-refractivity contribution < 1.29 is 13.9 Å². The zero-order valence-electron chi connectivity index (χ0n) is 16.6. The number of epoxide rings is 1. The maximum absolute atomic E-state index is 14.9. The number of hydrogen-bond donors (Lipinski definition) is 3. The van der Waals surface area contributed by atoms with Gasteiger partial charge in [-0.15, -0.1) is 0 Å². The Hall–Kier alpha value is -1.79. The Morgan fingerprint density at radius 1 is 1.44 bits per heavy atom. The molecule has 0 aromatic carbocycles. The van der Waals surface area contributed by atoms with Crippen LogP contribution in [0.5, 0.6) is 0 Å². The number of nitrogens with one attached hydrogen (secondary N) is 2. The molecule has 0 aromatic rings. The highest BCUT2D eigenvalue weighted by Gasteiger charge is 2.50. The summed E-state index contributed by atoms with van der Waals surface area (Å²) >= 11 is 0. The lowest BCUT2D eigenvalue weighted by molar-refractivity contribution is 0.137. The van der Waals surface area contributed by atoms with Gasteiger partial charge in [-0.2, -0.15) is 0 Å². The maximum atomic E-state index is 14.9. The number of hydrogen-bond acceptors (Lipinski definition) is 5. The number of fused-ring (bicyclic) bond motifs is 5. The second-order valence-corrected chi connectivity index (χ2v) is 8.87. The summed E-state index contributed by atoms with van der Waals surface area (Å²) in [6, 6.07) is 0. The highest BCUT2D eigenvalue weighted by atomic mass is 19.1. The number of dihydropyridines is 1. The van der Waals surface area contributed by atoms with Crippen LogP contribution in [-0.2, 0) is 9.47 Å². The monoisotopic (exact) mass is 375 g/mol. The van der Waals surface area contributed by atoms with Gasteiger partial charge in [-0.3, -0.25) is 0 Å². The number of ether oxygens (including phenoxy) is 2. The van der Waals surface area contributed by atoms with E-state index in [0.717, 1.165) is 24.4 Å². The van der Waals surface area contributed by atoms with E-state index in [4.69, 9.17) is 15.2 Å². The molecule has 2 fully saturated rings. The second-order valence-electron chi connectivity index (χ2n) is 8.87. The molecule has 6 heteroatoms. The molecule has 0 spiro atoms. The number of allylic oxidation sites excluding steroid dienone is 4. The molecule has 0 amide bonds. The van der Waals surface area contributed by atoms with E-state index >= 15 is 0 Å². The van der Waals surface area contributed by atoms with Crippen molar-refractivity contribution in [3.63, 3.8) is 0 Å². The van der Waals surface area contributed by atoms with Crippen LogP contribution >= 0.6 is 0 Å². The molecule has 4 unspecified atom stereocenters. The van der Waals surface area contributed by atoms with Crippen molar-refractivity contribution in [2.75, 3.05) is 13.2 Å². The summed E-state index contributed by atoms with van der Waals surface area (Å²) in [4.78, 5) is 0. The van der Waals surface area contributed by atoms with Crippen LogP contribution < -0.4 is 16.4 Å². The molecule has 3 aliphatic heterocycles. The molecular formula is C21H30FN3O2. The largest absolute Gasteiger partial charge is 0.489 e. The lowest BCUT2D eigenvalue weighted by Gasteiger charge is -2.31. The molecule has 0 radical (unpaired) electrons. The minimum absolute atomic E-state index is 0.0132. The topological polar surface area (TPSA) is 71.8 Å². The molecule has 0 aromatic heterocycles. The fourth-order valence-corrected chi connectivity index (χ4v) is 4.53. The van der Waals surface area contributed by atoms with Gasteiger partial charge < -0.3 is 25.8 Å². The van der Waals surface area contributed by atoms with Gasteiger partial charge in [0.15, 0.2) is 12.0 Å². The van der Waals surface area contributed by atoms with Crippen LogP contribution in [0.4, 0.5) is 4.39 Å². The first-order valence-corrected chi connectivity index (χ1v) is 9.84. The Balaban J connectivity index is 1.55. The average Bonchev–Trinajstić information content (AvgIpc) is 3.32. The molecule has 2 saturated heterocycles. The van der Waals surface area contributed by atoms with Gasteiger partial charge in [0.05, 0.1) is 0 Å². The van der Waals surface area contributed by atoms with Crippen molar-refractivity contribution in [3.05, 3.63) is 46.3 Å². The summed E-state index contributed by atoms with van der Waals surface area (Å²) in [6.45, 7) is 9.33. The van der Waals surface area contributed by atoms with E-state index in [0.29, 0.717) is 24.7 Å². The fourth-order valence-electron chi connectivity index (χ4n) is 4.53. The van der Waals surface area contributed by atoms with Crippen molar-refractivity contribution in [3.8, 4) is 0 Å². The molecule has 148 valence electrons. The molecule has 5 nitrogen and oxygen atoms in total. The van der Waals surface area contributed by atoms with Crippen molar-refractivity contribution in [1.29, 1.82) is 0 Å². The van der Waals surface area contributed by atoms with Gasteiger partial charge in [-0.1, -0.05) is 19.9 Å². The van der Waals surface area contributed by atoms with Crippen LogP contribution in [0.15, 0.2) is 46.3 Å². The van der Waals surface area contributed by atoms with Gasteiger partial charge in [0.2, 0.25) is 0 Å². The smallest absolute Gasteiger partial charge is 0.159 e. The Morgan fingerprint density at radius 2 is 2.22 bits per heavy atom. The Labute approximate surface area is 160 Å². The van der Waals surface area contributed by atoms with E-state index < -0.39 is 5.54 Å². The molecule has 4 aliphatic rings. The number of halogens is 1. The van der Waals surface area contributed by atoms with Gasteiger partial charge in [0, 0.05) is 47.5 Å². The quantitative estimate of drug-likeness (QED) is 0.645. The van der Waals surface area contributed by atoms with Crippen LogP contribution in [-0.4, -0.2) is 31.0 Å². The van der Waals surface area contributed by atoms with Crippen LogP contribution in [0.1, 0.15) is 40.5 Å². The van der Waals surface area contributed by atoms with Gasteiger partial charge in [0.25, 0.3) is 0 Å². The van der Waals surface area contributed by atoms with Gasteiger partial charge >= 0.3 is 0 Å². The SMILES string of the molecule is CC1=C2C(=CCN1)C1CC(F)=C(OCC(C)(N)CC(C)C)C=C1NC1OC21. The lowest BCUT2D eigenvalue weighted by Crippen LogP contribution is -2.42. The minimum Gasteiger partial charge on any atom is -0.489 e. The third-order valence-electron chi connectivity index (χ3n) is 5.61. The number of rotatable bonds is 5. The van der Waals surface area contributed by atoms with E-state index in [2.05, 4.69) is 37.5 Å². The predicted molar refractivity (Wildman–Crippen MR) is 103 cm³/mol. The molecule has 1 aliphatic carbocycles. The van der Waals surface area contributed by atoms with Gasteiger partial charge in [-0.05, 0) is 31.8 Å². The van der Waals surface area contributed by atoms with E-state index in [1.807, 2.05) is 6.92 Å². The minimum atomic E-state index is -0.483. The third kappa shape index (κ3) is 3.65. The molecule has 0 saturated carbocycles. The predicted octanol–water partition coefficient (Wildman–Crippen LogP) is 2.98. The molecule has 27 heavy (non-hydrogen) atoms. The van der Waals surface area contributed by atoms with E-state index in [1.54, 1.807) is 6.08 Å². The zero-order valence-corrected chi connectivity index (χ0v) is 16.6. The average molecular weight is 375 g/mol. The van der Waals surface area contributed by atoms with Crippen molar-refractivity contribution in [2.45, 2.75) is 58.4 Å². The van der Waals surface area contributed by atoms with Crippen LogP contribution in [0, 0.1) is 11.8 Å². The second kappa shape index (κ2) is 6.67. The van der Waals surface area contributed by atoms with E-state index in [-0.39, 0.29) is 24.1 Å². The van der Waals surface area contributed by atoms with Crippen molar-refractivity contribution >= 4 is 0 Å². The standard InChI is InChI=1S/C21H30FN3O2/c1-11(2)9-21(4,23)10-26-17-8-16-14(7-15(17)22)13-5-6-24-12(3)18(13)19-20(25-16)27-19/h5,8,11,14,19-20,24-25H,6-7,9-10,23H2,1-4H3. The number of nitrogens with two attached hydrogens (primary N) is 1. The van der Waals surface area contributed by atoms with E-state index in [9.17, 15) is 4.39 Å². The molecule has 0 bridgehead atoms. The van der Waals surface area contributed by atoms with Crippen LogP contribution in [0.2, 0.25) is 0 Å². The first-order chi connectivity index (χ1) is 12.7. The highest BCUT2D eigenvalue weighted by molar-refractivity contribution is 5.51. The Kier molecular flexibility index (Phi) is 4.59. The van der Waals surface area contributed by atoms with Crippen LogP contribution in [0.3, 0.4) is 0 Å². The first kappa shape index (κ1) is 18.6. The normalized spacial score (nSPS) is 31.4. The summed E-state index contributed by atoms with van der Waals surface area (Å²) in [5.74, 6) is 0.536. The summed E-state index contributed by atoms with van der Waals surface area (Å²) in [6.07, 6.45) is 5.09. The van der Waals surface area contributed by atoms with Crippen molar-refractivity contribution in [2.24, 2.45) is 17.6 Å². The molecule has 3 heterocycles. The zero-order chi connectivity index (χ0) is 19.3. The Morgan fingerprint density at radius 3 is 2.96 bits per heavy atom. The molecular weight excluding hydrogens is 345 g/mol. The lowest BCUT2D eigenvalue weighted by atomic mass is 9.82. The van der Waals surface area contributed by atoms with Crippen LogP contribution in [0.25, 0.3) is 0 Å². The fraction of sp³-hybridized carbons (Fsp3) is 0.619.